The van der Waals surface area contributed by atoms with E-state index < -0.39 is 0 Å². The minimum absolute atomic E-state index is 0.661. The third-order valence-corrected chi connectivity index (χ3v) is 2.69. The van der Waals surface area contributed by atoms with Crippen molar-refractivity contribution >= 4 is 38.8 Å². The highest BCUT2D eigenvalue weighted by Crippen LogP contribution is 2.28. The lowest BCUT2D eigenvalue weighted by atomic mass is 10.3. The van der Waals surface area contributed by atoms with Gasteiger partial charge in [-0.3, -0.25) is 0 Å². The summed E-state index contributed by atoms with van der Waals surface area (Å²) in [5.41, 5.74) is 8.86. The van der Waals surface area contributed by atoms with Gasteiger partial charge in [-0.25, -0.2) is 4.98 Å². The van der Waals surface area contributed by atoms with Crippen LogP contribution in [0, 0.1) is 0 Å². The summed E-state index contributed by atoms with van der Waals surface area (Å²) >= 11 is 7.42. The molecular formula is C7H5ClN2S. The molecule has 2 aromatic rings. The molecule has 2 nitrogen and oxygen atoms in total. The normalized spacial score (nSPS) is 10.6. The van der Waals surface area contributed by atoms with Gasteiger partial charge in [0.15, 0.2) is 0 Å². The van der Waals surface area contributed by atoms with Crippen LogP contribution in [0.1, 0.15) is 0 Å². The Bertz CT molecular complexity index is 396. The largest absolute Gasteiger partial charge is 0.399 e. The molecule has 1 aromatic heterocycles. The third-order valence-electron chi connectivity index (χ3n) is 1.41. The van der Waals surface area contributed by atoms with Gasteiger partial charge in [0.2, 0.25) is 0 Å². The van der Waals surface area contributed by atoms with Gasteiger partial charge >= 0.3 is 0 Å². The van der Waals surface area contributed by atoms with Gasteiger partial charge in [-0.15, -0.1) is 11.3 Å². The van der Waals surface area contributed by atoms with Crippen molar-refractivity contribution in [1.29, 1.82) is 0 Å². The van der Waals surface area contributed by atoms with Crippen LogP contribution in [-0.2, 0) is 0 Å². The molecule has 56 valence electrons. The zero-order valence-corrected chi connectivity index (χ0v) is 7.12. The monoisotopic (exact) mass is 184 g/mol. The third kappa shape index (κ3) is 1.06. The molecule has 11 heavy (non-hydrogen) atoms. The molecule has 0 saturated heterocycles. The van der Waals surface area contributed by atoms with Crippen molar-refractivity contribution in [2.24, 2.45) is 0 Å². The summed E-state index contributed by atoms with van der Waals surface area (Å²) in [4.78, 5) is 4.09. The van der Waals surface area contributed by atoms with Gasteiger partial charge in [-0.1, -0.05) is 11.6 Å². The Labute approximate surface area is 72.6 Å². The number of nitrogen functional groups attached to an aromatic ring is 1. The smallest absolute Gasteiger partial charge is 0.0847 e. The number of benzene rings is 1. The van der Waals surface area contributed by atoms with Crippen molar-refractivity contribution < 1.29 is 0 Å². The van der Waals surface area contributed by atoms with Crippen molar-refractivity contribution in [2.75, 3.05) is 5.73 Å². The predicted molar refractivity (Wildman–Crippen MR) is 49.0 cm³/mol. The van der Waals surface area contributed by atoms with Crippen LogP contribution in [0.3, 0.4) is 0 Å². The fourth-order valence-corrected chi connectivity index (χ4v) is 1.98. The molecule has 0 radical (unpaired) electrons. The topological polar surface area (TPSA) is 38.9 Å². The molecule has 0 spiro atoms. The quantitative estimate of drug-likeness (QED) is 0.639. The molecule has 4 heteroatoms. The summed E-state index contributed by atoms with van der Waals surface area (Å²) in [7, 11) is 0. The maximum atomic E-state index is 5.89. The van der Waals surface area contributed by atoms with E-state index in [2.05, 4.69) is 4.98 Å². The Kier molecular flexibility index (Phi) is 1.47. The Balaban J connectivity index is 2.91. The van der Waals surface area contributed by atoms with E-state index in [9.17, 15) is 0 Å². The molecule has 2 rings (SSSR count). The molecule has 0 amide bonds. The fraction of sp³-hybridized carbons (Fsp3) is 0. The highest BCUT2D eigenvalue weighted by Gasteiger charge is 2.01. The summed E-state index contributed by atoms with van der Waals surface area (Å²) < 4.78 is 1.00. The molecular weight excluding hydrogens is 180 g/mol. The molecule has 2 N–H and O–H groups in total. The van der Waals surface area contributed by atoms with Gasteiger partial charge in [0.25, 0.3) is 0 Å². The second-order valence-electron chi connectivity index (χ2n) is 2.20. The minimum atomic E-state index is 0.661. The first-order valence-corrected chi connectivity index (χ1v) is 4.31. The summed E-state index contributed by atoms with van der Waals surface area (Å²) in [5, 5.41) is 0.683. The number of aromatic nitrogens is 1. The molecule has 0 unspecified atom stereocenters. The van der Waals surface area contributed by atoms with Gasteiger partial charge < -0.3 is 5.73 Å². The number of hydrogen-bond acceptors (Lipinski definition) is 3. The second-order valence-corrected chi connectivity index (χ2v) is 3.47. The lowest BCUT2D eigenvalue weighted by molar-refractivity contribution is 1.50. The van der Waals surface area contributed by atoms with E-state index in [0.717, 1.165) is 10.2 Å². The van der Waals surface area contributed by atoms with Crippen molar-refractivity contribution in [3.05, 3.63) is 22.7 Å². The zero-order chi connectivity index (χ0) is 7.84. The molecule has 0 atom stereocenters. The lowest BCUT2D eigenvalue weighted by Gasteiger charge is -1.94. The fourth-order valence-electron chi connectivity index (χ4n) is 0.948. The first-order chi connectivity index (χ1) is 5.27. The van der Waals surface area contributed by atoms with Crippen molar-refractivity contribution in [2.45, 2.75) is 0 Å². The standard InChI is InChI=1S/C7H5ClN2S/c8-5-1-4(9)2-6-7(5)11-3-10-6/h1-3H,9H2. The summed E-state index contributed by atoms with van der Waals surface area (Å²) in [6, 6.07) is 3.56. The number of rotatable bonds is 0. The Morgan fingerprint density at radius 3 is 3.09 bits per heavy atom. The van der Waals surface area contributed by atoms with Crippen LogP contribution < -0.4 is 5.73 Å². The van der Waals surface area contributed by atoms with E-state index in [-0.39, 0.29) is 0 Å². The van der Waals surface area contributed by atoms with Crippen molar-refractivity contribution in [3.63, 3.8) is 0 Å². The zero-order valence-electron chi connectivity index (χ0n) is 5.54. The van der Waals surface area contributed by atoms with E-state index in [1.165, 1.54) is 11.3 Å². The van der Waals surface area contributed by atoms with E-state index in [1.54, 1.807) is 11.6 Å². The molecule has 0 aliphatic rings. The number of halogens is 1. The maximum absolute atomic E-state index is 5.89. The number of nitrogens with two attached hydrogens (primary N) is 1. The van der Waals surface area contributed by atoms with Gasteiger partial charge in [0, 0.05) is 5.69 Å². The second kappa shape index (κ2) is 2.36. The van der Waals surface area contributed by atoms with Crippen molar-refractivity contribution in [3.8, 4) is 0 Å². The molecule has 1 heterocycles. The Morgan fingerprint density at radius 2 is 2.27 bits per heavy atom. The first kappa shape index (κ1) is 6.88. The van der Waals surface area contributed by atoms with E-state index in [4.69, 9.17) is 17.3 Å². The number of hydrogen-bond donors (Lipinski definition) is 1. The SMILES string of the molecule is Nc1cc(Cl)c2scnc2c1. The molecule has 0 fully saturated rings. The highest BCUT2D eigenvalue weighted by atomic mass is 35.5. The van der Waals surface area contributed by atoms with E-state index >= 15 is 0 Å². The maximum Gasteiger partial charge on any atom is 0.0847 e. The van der Waals surface area contributed by atoms with Crippen LogP contribution >= 0.6 is 22.9 Å². The minimum Gasteiger partial charge on any atom is -0.399 e. The number of nitrogens with zero attached hydrogens (tertiary/aromatic N) is 1. The van der Waals surface area contributed by atoms with Gasteiger partial charge in [0.1, 0.15) is 0 Å². The Morgan fingerprint density at radius 1 is 1.45 bits per heavy atom. The Hall–Kier alpha value is -0.800. The van der Waals surface area contributed by atoms with Gasteiger partial charge in [-0.2, -0.15) is 0 Å². The summed E-state index contributed by atoms with van der Waals surface area (Å²) in [5.74, 6) is 0. The van der Waals surface area contributed by atoms with Gasteiger partial charge in [-0.05, 0) is 12.1 Å². The number of anilines is 1. The molecule has 0 bridgehead atoms. The van der Waals surface area contributed by atoms with Crippen LogP contribution in [0.15, 0.2) is 17.6 Å². The van der Waals surface area contributed by atoms with E-state index in [0.29, 0.717) is 10.7 Å². The van der Waals surface area contributed by atoms with Crippen LogP contribution in [0.25, 0.3) is 10.2 Å². The lowest BCUT2D eigenvalue weighted by Crippen LogP contribution is -1.83. The van der Waals surface area contributed by atoms with Crippen molar-refractivity contribution in [1.82, 2.24) is 4.98 Å². The molecule has 1 aromatic carbocycles. The molecule has 0 aliphatic heterocycles. The van der Waals surface area contributed by atoms with E-state index in [1.807, 2.05) is 6.07 Å². The van der Waals surface area contributed by atoms with Crippen LogP contribution in [0.5, 0.6) is 0 Å². The number of fused-ring (bicyclic) bond motifs is 1. The predicted octanol–water partition coefficient (Wildman–Crippen LogP) is 2.53. The van der Waals surface area contributed by atoms with Crippen LogP contribution in [0.2, 0.25) is 5.02 Å². The number of thiazole rings is 1. The van der Waals surface area contributed by atoms with Gasteiger partial charge in [0.05, 0.1) is 20.7 Å². The average molecular weight is 185 g/mol. The highest BCUT2D eigenvalue weighted by molar-refractivity contribution is 7.17. The first-order valence-electron chi connectivity index (χ1n) is 3.05. The summed E-state index contributed by atoms with van der Waals surface area (Å²) in [6.07, 6.45) is 0. The average Bonchev–Trinajstić information content (AvgIpc) is 2.34. The molecule has 0 saturated carbocycles. The van der Waals surface area contributed by atoms with Crippen LogP contribution in [0.4, 0.5) is 5.69 Å². The van der Waals surface area contributed by atoms with Crippen LogP contribution in [-0.4, -0.2) is 4.98 Å². The summed E-state index contributed by atoms with van der Waals surface area (Å²) in [6.45, 7) is 0. The molecule has 0 aliphatic carbocycles.